The van der Waals surface area contributed by atoms with E-state index in [0.29, 0.717) is 5.57 Å². The molecule has 0 amide bonds. The molecule has 3 N–H and O–H groups in total. The number of aliphatic carboxylic acids is 1. The third-order valence-electron chi connectivity index (χ3n) is 1.54. The molecule has 0 saturated carbocycles. The number of rotatable bonds is 1. The Kier molecular flexibility index (Phi) is 7.31. The van der Waals surface area contributed by atoms with Crippen molar-refractivity contribution >= 4 is 5.97 Å². The Labute approximate surface area is 84.9 Å². The zero-order valence-corrected chi connectivity index (χ0v) is 9.40. The number of aliphatic hydroxyl groups is 2. The number of hydrogen-bond acceptors (Lipinski definition) is 3. The van der Waals surface area contributed by atoms with Gasteiger partial charge in [0.1, 0.15) is 0 Å². The third kappa shape index (κ3) is 9.22. The molecule has 84 valence electrons. The molecule has 0 fully saturated rings. The molecule has 4 nitrogen and oxygen atoms in total. The number of carboxylic acid groups (broad SMARTS) is 1. The summed E-state index contributed by atoms with van der Waals surface area (Å²) in [5, 5.41) is 25.0. The summed E-state index contributed by atoms with van der Waals surface area (Å²) in [7, 11) is 0. The lowest BCUT2D eigenvalue weighted by molar-refractivity contribution is -0.132. The van der Waals surface area contributed by atoms with Crippen LogP contribution >= 0.6 is 0 Å². The fourth-order valence-corrected chi connectivity index (χ4v) is 0.123. The van der Waals surface area contributed by atoms with Crippen molar-refractivity contribution in [3.8, 4) is 0 Å². The predicted octanol–water partition coefficient (Wildman–Crippen LogP) is 1.38. The maximum absolute atomic E-state index is 9.86. The van der Waals surface area contributed by atoms with Crippen molar-refractivity contribution in [2.45, 2.75) is 40.9 Å². The minimum Gasteiger partial charge on any atom is -0.478 e. The van der Waals surface area contributed by atoms with E-state index < -0.39 is 12.3 Å². The van der Waals surface area contributed by atoms with Crippen LogP contribution in [0.2, 0.25) is 0 Å². The largest absolute Gasteiger partial charge is 0.478 e. The number of hydrogen-bond donors (Lipinski definition) is 3. The summed E-state index contributed by atoms with van der Waals surface area (Å²) in [5.41, 5.74) is 0.000000000000000222. The number of aliphatic hydroxyl groups excluding tert-OH is 1. The van der Waals surface area contributed by atoms with Gasteiger partial charge in [0, 0.05) is 11.0 Å². The molecule has 0 aromatic heterocycles. The topological polar surface area (TPSA) is 77.8 Å². The van der Waals surface area contributed by atoms with Gasteiger partial charge in [0.25, 0.3) is 0 Å². The van der Waals surface area contributed by atoms with Crippen molar-refractivity contribution in [1.29, 1.82) is 0 Å². The molecule has 0 aliphatic heterocycles. The maximum Gasteiger partial charge on any atom is 0.330 e. The third-order valence-corrected chi connectivity index (χ3v) is 1.54. The number of carboxylic acids is 1. The Morgan fingerprint density at radius 3 is 1.57 bits per heavy atom. The van der Waals surface area contributed by atoms with E-state index in [2.05, 4.69) is 0 Å². The summed E-state index contributed by atoms with van der Waals surface area (Å²) < 4.78 is 0. The average molecular weight is 204 g/mol. The van der Waals surface area contributed by atoms with Gasteiger partial charge in [-0.3, -0.25) is 0 Å². The fourth-order valence-electron chi connectivity index (χ4n) is 0.123. The maximum atomic E-state index is 9.86. The van der Waals surface area contributed by atoms with E-state index in [0.717, 1.165) is 0 Å². The van der Waals surface area contributed by atoms with Gasteiger partial charge in [-0.1, -0.05) is 26.8 Å². The average Bonchev–Trinajstić information content (AvgIpc) is 2.02. The van der Waals surface area contributed by atoms with E-state index in [9.17, 15) is 4.79 Å². The fraction of sp³-hybridized carbons (Fsp3) is 0.700. The van der Waals surface area contributed by atoms with E-state index >= 15 is 0 Å². The molecule has 0 bridgehead atoms. The van der Waals surface area contributed by atoms with Crippen LogP contribution in [0.5, 0.6) is 0 Å². The lowest BCUT2D eigenvalue weighted by atomic mass is 9.96. The summed E-state index contributed by atoms with van der Waals surface area (Å²) in [5.74, 6) is -0.845. The molecule has 14 heavy (non-hydrogen) atoms. The zero-order valence-electron chi connectivity index (χ0n) is 9.40. The molecule has 0 heterocycles. The molecule has 0 aromatic carbocycles. The highest BCUT2D eigenvalue weighted by Gasteiger charge is 2.18. The molecule has 0 saturated heterocycles. The van der Waals surface area contributed by atoms with Gasteiger partial charge in [-0.15, -0.1) is 0 Å². The molecule has 0 aliphatic rings. The van der Waals surface area contributed by atoms with Crippen LogP contribution in [-0.4, -0.2) is 27.6 Å². The Morgan fingerprint density at radius 2 is 1.57 bits per heavy atom. The van der Waals surface area contributed by atoms with Crippen LogP contribution < -0.4 is 0 Å². The van der Waals surface area contributed by atoms with Crippen LogP contribution in [0.25, 0.3) is 0 Å². The monoisotopic (exact) mass is 204 g/mol. The van der Waals surface area contributed by atoms with Crippen LogP contribution in [0, 0.1) is 5.41 Å². The molecular weight excluding hydrogens is 184 g/mol. The molecular formula is C10H20O4. The smallest absolute Gasteiger partial charge is 0.330 e. The van der Waals surface area contributed by atoms with Gasteiger partial charge in [-0.2, -0.15) is 0 Å². The second-order valence-electron chi connectivity index (χ2n) is 4.02. The standard InChI is InChI=1S/C5H12O2.C5H8O2/c1-5(2,3)4(6)7;1-3-4(2)5(6)7/h4,6-7H,1-3H3;3H,1-2H3,(H,6,7). The SMILES string of the molecule is CC(C)(C)C(O)O.CC=C(C)C(=O)O. The van der Waals surface area contributed by atoms with Crippen LogP contribution in [0.15, 0.2) is 11.6 Å². The first-order valence-corrected chi connectivity index (χ1v) is 4.35. The highest BCUT2D eigenvalue weighted by molar-refractivity contribution is 5.85. The van der Waals surface area contributed by atoms with E-state index in [1.807, 2.05) is 0 Å². The van der Waals surface area contributed by atoms with Gasteiger partial charge in [-0.25, -0.2) is 4.79 Å². The lowest BCUT2D eigenvalue weighted by Crippen LogP contribution is -2.24. The van der Waals surface area contributed by atoms with Crippen molar-refractivity contribution in [2.75, 3.05) is 0 Å². The van der Waals surface area contributed by atoms with Gasteiger partial charge in [0.05, 0.1) is 0 Å². The molecule has 4 heteroatoms. The normalized spacial score (nSPS) is 12.1. The molecule has 0 spiro atoms. The highest BCUT2D eigenvalue weighted by Crippen LogP contribution is 2.15. The summed E-state index contributed by atoms with van der Waals surface area (Å²) >= 11 is 0. The molecule has 0 unspecified atom stereocenters. The van der Waals surface area contributed by atoms with Crippen molar-refractivity contribution in [3.05, 3.63) is 11.6 Å². The lowest BCUT2D eigenvalue weighted by Gasteiger charge is -2.19. The first kappa shape index (κ1) is 15.6. The van der Waals surface area contributed by atoms with E-state index in [4.69, 9.17) is 15.3 Å². The van der Waals surface area contributed by atoms with Crippen molar-refractivity contribution < 1.29 is 20.1 Å². The van der Waals surface area contributed by atoms with E-state index in [1.165, 1.54) is 0 Å². The molecule has 0 aromatic rings. The Bertz CT molecular complexity index is 199. The highest BCUT2D eigenvalue weighted by atomic mass is 16.5. The quantitative estimate of drug-likeness (QED) is 0.445. The molecule has 0 aliphatic carbocycles. The van der Waals surface area contributed by atoms with Gasteiger partial charge in [-0.05, 0) is 13.8 Å². The summed E-state index contributed by atoms with van der Waals surface area (Å²) in [6.45, 7) is 8.54. The second-order valence-corrected chi connectivity index (χ2v) is 4.02. The van der Waals surface area contributed by atoms with Crippen molar-refractivity contribution in [3.63, 3.8) is 0 Å². The Balaban J connectivity index is 0. The van der Waals surface area contributed by atoms with Crippen LogP contribution in [0.1, 0.15) is 34.6 Å². The Morgan fingerprint density at radius 1 is 1.29 bits per heavy atom. The summed E-state index contributed by atoms with van der Waals surface area (Å²) in [6.07, 6.45) is 0.356. The number of carbonyl (C=O) groups is 1. The van der Waals surface area contributed by atoms with E-state index in [-0.39, 0.29) is 5.41 Å². The van der Waals surface area contributed by atoms with Crippen molar-refractivity contribution in [1.82, 2.24) is 0 Å². The summed E-state index contributed by atoms with van der Waals surface area (Å²) in [6, 6.07) is 0. The number of allylic oxidation sites excluding steroid dienone is 1. The zero-order chi connectivity index (χ0) is 11.9. The van der Waals surface area contributed by atoms with Crippen LogP contribution in [-0.2, 0) is 4.79 Å². The van der Waals surface area contributed by atoms with Crippen LogP contribution in [0.3, 0.4) is 0 Å². The van der Waals surface area contributed by atoms with Gasteiger partial charge in [0.2, 0.25) is 0 Å². The first-order valence-electron chi connectivity index (χ1n) is 4.35. The van der Waals surface area contributed by atoms with Crippen LogP contribution in [0.4, 0.5) is 0 Å². The molecule has 0 atom stereocenters. The minimum atomic E-state index is -1.20. The van der Waals surface area contributed by atoms with Gasteiger partial charge >= 0.3 is 5.97 Å². The van der Waals surface area contributed by atoms with E-state index in [1.54, 1.807) is 40.7 Å². The molecule has 0 radical (unpaired) electrons. The first-order chi connectivity index (χ1) is 6.12. The molecule has 0 rings (SSSR count). The second kappa shape index (κ2) is 6.56. The summed E-state index contributed by atoms with van der Waals surface area (Å²) in [4.78, 5) is 9.86. The van der Waals surface area contributed by atoms with Gasteiger partial charge < -0.3 is 15.3 Å². The van der Waals surface area contributed by atoms with Gasteiger partial charge in [0.15, 0.2) is 6.29 Å². The minimum absolute atomic E-state index is 0.389. The Hall–Kier alpha value is -0.870. The van der Waals surface area contributed by atoms with Crippen molar-refractivity contribution in [2.24, 2.45) is 5.41 Å². The predicted molar refractivity (Wildman–Crippen MR) is 54.7 cm³/mol.